The highest BCUT2D eigenvalue weighted by Crippen LogP contribution is 2.64. The van der Waals surface area contributed by atoms with Crippen molar-refractivity contribution in [2.24, 2.45) is 16.7 Å². The van der Waals surface area contributed by atoms with Crippen LogP contribution in [0.3, 0.4) is 0 Å². The van der Waals surface area contributed by atoms with Crippen LogP contribution in [0.15, 0.2) is 120 Å². The quantitative estimate of drug-likeness (QED) is 0.0289. The van der Waals surface area contributed by atoms with Crippen molar-refractivity contribution >= 4 is 53.4 Å². The van der Waals surface area contributed by atoms with Gasteiger partial charge in [0.1, 0.15) is 66.7 Å². The molecule has 500 valence electrons. The standard InChI is InChI=1S/C66H78N4O23/c1-34-43(30-66(84)56(92-58(80)40-22-16-11-17-23-40)54-64(6,45(74)29-46-65(54,33-86-46)93-36(3)73)55(78)52(87-35(2)72)47(34)63(66,4)5)88-59(81)53(48(38-18-12-9-13-19-38)68-57(79)39-20-14-10-15-21-39)91-62(83)70(8)27-26-69(7)61(82)85-32-37-24-25-42(41(67)28-37)89-60-51(77)50(76)49(75)44(31-71)90-60/h9-25,28,43-46,48-54,56,60,71,74-77,84H,26-27,29-33,67H2,1-8H3,(H,68,79)/t43-,44+,45-,46+,48-,49+,50-,51+,52+,53+,54-,56-,60+,64+,65-,66+/m0/s1. The van der Waals surface area contributed by atoms with Gasteiger partial charge in [0, 0.05) is 64.9 Å². The first-order valence-electron chi connectivity index (χ1n) is 30.2. The third-order valence-corrected chi connectivity index (χ3v) is 18.6. The van der Waals surface area contributed by atoms with Gasteiger partial charge in [0.25, 0.3) is 5.91 Å². The Morgan fingerprint density at radius 2 is 1.39 bits per heavy atom. The number of aliphatic hydroxyl groups is 6. The fourth-order valence-electron chi connectivity index (χ4n) is 13.3. The van der Waals surface area contributed by atoms with Crippen LogP contribution in [0.5, 0.6) is 5.75 Å². The van der Waals surface area contributed by atoms with Crippen molar-refractivity contribution in [2.75, 3.05) is 46.1 Å². The second-order valence-electron chi connectivity index (χ2n) is 24.8. The number of aliphatic hydroxyl groups excluding tert-OH is 5. The van der Waals surface area contributed by atoms with E-state index < -0.39 is 169 Å². The summed E-state index contributed by atoms with van der Waals surface area (Å²) in [5, 5.41) is 69.6. The Kier molecular flexibility index (Phi) is 20.4. The number of fused-ring (bicyclic) bond motifs is 5. The molecule has 16 atom stereocenters. The first-order chi connectivity index (χ1) is 44.0. The lowest BCUT2D eigenvalue weighted by Crippen LogP contribution is -2.82. The van der Waals surface area contributed by atoms with Gasteiger partial charge < -0.3 is 94.1 Å². The number of nitrogens with two attached hydrogens (primary N) is 1. The number of nitrogen functional groups attached to an aromatic ring is 1. The molecule has 4 aromatic carbocycles. The SMILES string of the molecule is CC(=O)O[C@H]1C(=O)[C@@]2(C)[C@H]([C@H](OC(=O)c3ccccc3)[C@]3(O)C[C@H](OC(=O)[C@H](OC(=O)N(C)CCN(C)C(=O)OCc4ccc(O[C@@H]5O[C@H](CO)[C@@H](O)[C@H](O)[C@H]5O)c(N)c4)[C@@H](NC(=O)c4ccccc4)c4ccccc4)C(C)=C1C3(C)C)[C@]1(OC(C)=O)CO[C@@H]1C[C@@H]2O. The Hall–Kier alpha value is -8.54. The molecule has 2 bridgehead atoms. The van der Waals surface area contributed by atoms with E-state index in [0.29, 0.717) is 5.56 Å². The smallest absolute Gasteiger partial charge is 0.410 e. The molecule has 2 saturated carbocycles. The van der Waals surface area contributed by atoms with Gasteiger partial charge in [-0.05, 0) is 72.5 Å². The molecular formula is C66H78N4O23. The number of likely N-dealkylation sites (N-methyl/N-ethyl adjacent to an activating group) is 2. The molecule has 0 aromatic heterocycles. The van der Waals surface area contributed by atoms with Gasteiger partial charge in [-0.3, -0.25) is 19.2 Å². The summed E-state index contributed by atoms with van der Waals surface area (Å²) >= 11 is 0. The molecule has 4 fully saturated rings. The van der Waals surface area contributed by atoms with Crippen LogP contribution in [-0.4, -0.2) is 207 Å². The molecule has 3 aliphatic carbocycles. The first kappa shape index (κ1) is 68.8. The predicted molar refractivity (Wildman–Crippen MR) is 323 cm³/mol. The molecule has 93 heavy (non-hydrogen) atoms. The van der Waals surface area contributed by atoms with E-state index in [1.165, 1.54) is 84.3 Å². The zero-order valence-electron chi connectivity index (χ0n) is 52.4. The highest BCUT2D eigenvalue weighted by Gasteiger charge is 2.78. The second-order valence-corrected chi connectivity index (χ2v) is 24.8. The van der Waals surface area contributed by atoms with Crippen LogP contribution in [0.2, 0.25) is 0 Å². The van der Waals surface area contributed by atoms with Crippen molar-refractivity contribution in [3.8, 4) is 5.75 Å². The molecule has 2 aliphatic heterocycles. The molecule has 3 amide bonds. The molecular weight excluding hydrogens is 1220 g/mol. The third-order valence-electron chi connectivity index (χ3n) is 18.6. The van der Waals surface area contributed by atoms with Gasteiger partial charge in [0.2, 0.25) is 12.4 Å². The summed E-state index contributed by atoms with van der Waals surface area (Å²) in [6.07, 6.45) is -21.3. The molecule has 9 rings (SSSR count). The van der Waals surface area contributed by atoms with Gasteiger partial charge in [0.15, 0.2) is 17.5 Å². The number of carbonyl (C=O) groups is 8. The summed E-state index contributed by atoms with van der Waals surface area (Å²) in [5.41, 5.74) is -1.48. The van der Waals surface area contributed by atoms with Gasteiger partial charge in [-0.25, -0.2) is 19.2 Å². The van der Waals surface area contributed by atoms with E-state index in [9.17, 15) is 59.4 Å². The molecule has 27 heteroatoms. The predicted octanol–water partition coefficient (Wildman–Crippen LogP) is 2.84. The van der Waals surface area contributed by atoms with Crippen LogP contribution in [0.25, 0.3) is 0 Å². The van der Waals surface area contributed by atoms with Crippen LogP contribution in [-0.2, 0) is 63.7 Å². The summed E-state index contributed by atoms with van der Waals surface area (Å²) < 4.78 is 53.7. The van der Waals surface area contributed by atoms with Crippen LogP contribution in [0.4, 0.5) is 15.3 Å². The van der Waals surface area contributed by atoms with E-state index in [1.54, 1.807) is 66.7 Å². The van der Waals surface area contributed by atoms with E-state index in [4.69, 9.17) is 48.4 Å². The molecule has 4 aromatic rings. The molecule has 0 unspecified atom stereocenters. The Balaban J connectivity index is 1.03. The van der Waals surface area contributed by atoms with E-state index >= 15 is 9.59 Å². The maximum Gasteiger partial charge on any atom is 0.410 e. The molecule has 2 heterocycles. The van der Waals surface area contributed by atoms with Crippen LogP contribution < -0.4 is 15.8 Å². The average Bonchev–Trinajstić information content (AvgIpc) is 0.670. The van der Waals surface area contributed by atoms with Gasteiger partial charge >= 0.3 is 36.1 Å². The second kappa shape index (κ2) is 27.6. The lowest BCUT2D eigenvalue weighted by atomic mass is 9.44. The number of benzene rings is 4. The first-order valence-corrected chi connectivity index (χ1v) is 30.2. The molecule has 27 nitrogen and oxygen atoms in total. The lowest BCUT2D eigenvalue weighted by molar-refractivity contribution is -0.346. The Bertz CT molecular complexity index is 3480. The molecule has 9 N–H and O–H groups in total. The number of anilines is 1. The number of carbonyl (C=O) groups excluding carboxylic acids is 8. The van der Waals surface area contributed by atoms with Crippen LogP contribution in [0, 0.1) is 16.7 Å². The zero-order chi connectivity index (χ0) is 67.6. The molecule has 2 saturated heterocycles. The largest absolute Gasteiger partial charge is 0.460 e. The average molecular weight is 1300 g/mol. The zero-order valence-corrected chi connectivity index (χ0v) is 52.4. The fourth-order valence-corrected chi connectivity index (χ4v) is 13.3. The number of ether oxygens (including phenoxy) is 9. The number of rotatable bonds is 19. The summed E-state index contributed by atoms with van der Waals surface area (Å²) in [5.74, 6) is -7.48. The minimum atomic E-state index is -2.56. The number of Topliss-reactive ketones (excluding diaryl/α,β-unsaturated/α-hetero) is 1. The third kappa shape index (κ3) is 13.4. The van der Waals surface area contributed by atoms with Crippen LogP contribution >= 0.6 is 0 Å². The number of nitrogens with one attached hydrogen (secondary N) is 1. The summed E-state index contributed by atoms with van der Waals surface area (Å²) in [4.78, 5) is 117. The Morgan fingerprint density at radius 3 is 1.97 bits per heavy atom. The van der Waals surface area contributed by atoms with Gasteiger partial charge in [0.05, 0.1) is 41.9 Å². The topological polar surface area (TPSA) is 386 Å². The van der Waals surface area contributed by atoms with Gasteiger partial charge in [-0.1, -0.05) is 86.6 Å². The number of ketones is 1. The molecule has 5 aliphatic rings. The maximum atomic E-state index is 15.9. The number of hydrogen-bond donors (Lipinski definition) is 8. The van der Waals surface area contributed by atoms with E-state index in [-0.39, 0.29) is 65.4 Å². The van der Waals surface area contributed by atoms with Gasteiger partial charge in [-0.15, -0.1) is 0 Å². The number of hydrogen-bond acceptors (Lipinski definition) is 24. The lowest BCUT2D eigenvalue weighted by Gasteiger charge is -2.67. The number of amides is 3. The monoisotopic (exact) mass is 1290 g/mol. The highest BCUT2D eigenvalue weighted by molar-refractivity contribution is 5.96. The normalized spacial score (nSPS) is 29.9. The van der Waals surface area contributed by atoms with Crippen molar-refractivity contribution < 1.29 is 112 Å². The minimum Gasteiger partial charge on any atom is -0.460 e. The Morgan fingerprint density at radius 1 is 0.774 bits per heavy atom. The van der Waals surface area contributed by atoms with Crippen molar-refractivity contribution in [1.82, 2.24) is 15.1 Å². The van der Waals surface area contributed by atoms with Crippen molar-refractivity contribution in [2.45, 2.75) is 146 Å². The Labute approximate surface area is 535 Å². The maximum absolute atomic E-state index is 15.9. The highest BCUT2D eigenvalue weighted by atomic mass is 16.7. The summed E-state index contributed by atoms with van der Waals surface area (Å²) in [7, 11) is 2.69. The minimum absolute atomic E-state index is 0.0000721. The van der Waals surface area contributed by atoms with E-state index in [2.05, 4.69) is 5.32 Å². The van der Waals surface area contributed by atoms with E-state index in [1.807, 2.05) is 0 Å². The molecule has 0 radical (unpaired) electrons. The van der Waals surface area contributed by atoms with Crippen LogP contribution in [0.1, 0.15) is 92.3 Å². The molecule has 0 spiro atoms. The summed E-state index contributed by atoms with van der Waals surface area (Å²) in [6, 6.07) is 26.3. The van der Waals surface area contributed by atoms with E-state index in [0.717, 1.165) is 23.6 Å². The fraction of sp³-hybridized carbons (Fsp3) is 0.485. The number of nitrogens with zero attached hydrogens (tertiary/aromatic N) is 2. The summed E-state index contributed by atoms with van der Waals surface area (Å²) in [6.45, 7) is 6.19. The van der Waals surface area contributed by atoms with Crippen molar-refractivity contribution in [1.29, 1.82) is 0 Å². The van der Waals surface area contributed by atoms with Crippen molar-refractivity contribution in [3.05, 3.63) is 143 Å². The number of esters is 4. The van der Waals surface area contributed by atoms with Crippen molar-refractivity contribution in [3.63, 3.8) is 0 Å². The van der Waals surface area contributed by atoms with Gasteiger partial charge in [-0.2, -0.15) is 0 Å².